The van der Waals surface area contributed by atoms with Gasteiger partial charge in [0.15, 0.2) is 0 Å². The predicted molar refractivity (Wildman–Crippen MR) is 138 cm³/mol. The number of ether oxygens (including phenoxy) is 2. The molecule has 0 aliphatic rings. The van der Waals surface area contributed by atoms with E-state index in [0.29, 0.717) is 19.1 Å². The number of alkyl halides is 1. The third-order valence-electron chi connectivity index (χ3n) is 6.12. The molecule has 0 saturated carbocycles. The molecule has 0 heterocycles. The van der Waals surface area contributed by atoms with Gasteiger partial charge in [-0.15, -0.1) is 0 Å². The number of carbonyl (C=O) groups is 1. The molecule has 0 aromatic heterocycles. The molecule has 0 N–H and O–H groups in total. The van der Waals surface area contributed by atoms with E-state index >= 15 is 0 Å². The number of hydrogen-bond donors (Lipinski definition) is 0. The minimum atomic E-state index is -0.468. The first-order valence-corrected chi connectivity index (χ1v) is 14.7. The van der Waals surface area contributed by atoms with Crippen LogP contribution in [0.5, 0.6) is 0 Å². The summed E-state index contributed by atoms with van der Waals surface area (Å²) in [5, 5.41) is 1.05. The smallest absolute Gasteiger partial charge is 0.434 e. The fourth-order valence-corrected chi connectivity index (χ4v) is 4.42. The minimum Gasteiger partial charge on any atom is -0.434 e. The number of unbranched alkanes of at least 4 members (excludes halogenated alkanes) is 15. The summed E-state index contributed by atoms with van der Waals surface area (Å²) in [6.45, 7) is 5.56. The lowest BCUT2D eigenvalue weighted by Crippen LogP contribution is -2.16. The van der Waals surface area contributed by atoms with Crippen molar-refractivity contribution < 1.29 is 14.3 Å². The Morgan fingerprint density at radius 1 is 0.613 bits per heavy atom. The Hall–Kier alpha value is -0.250. The standard InChI is InChI=1S/C27H53BrO3/c1-3-5-7-9-11-12-14-18-22-26(21-17-13-10-8-6-4-2)25-31-27(29)30-24-20-16-15-19-23-28/h26H,3-25H2,1-2H3. The summed E-state index contributed by atoms with van der Waals surface area (Å²) >= 11 is 3.44. The SMILES string of the molecule is CCCCCCCCCCC(CCCCCCCC)COC(=O)OCCCCCCBr. The Morgan fingerprint density at radius 3 is 1.58 bits per heavy atom. The Balaban J connectivity index is 3.97. The zero-order valence-corrected chi connectivity index (χ0v) is 22.5. The van der Waals surface area contributed by atoms with E-state index in [2.05, 4.69) is 29.8 Å². The average Bonchev–Trinajstić information content (AvgIpc) is 2.77. The molecule has 3 nitrogen and oxygen atoms in total. The van der Waals surface area contributed by atoms with E-state index in [9.17, 15) is 4.79 Å². The maximum absolute atomic E-state index is 11.9. The van der Waals surface area contributed by atoms with Crippen molar-refractivity contribution in [2.24, 2.45) is 5.92 Å². The number of carbonyl (C=O) groups excluding carboxylic acids is 1. The van der Waals surface area contributed by atoms with Crippen molar-refractivity contribution in [2.45, 2.75) is 142 Å². The van der Waals surface area contributed by atoms with E-state index in [0.717, 1.165) is 18.2 Å². The molecule has 0 aliphatic heterocycles. The fraction of sp³-hybridized carbons (Fsp3) is 0.963. The van der Waals surface area contributed by atoms with Crippen LogP contribution in [0.2, 0.25) is 0 Å². The third-order valence-corrected chi connectivity index (χ3v) is 6.68. The van der Waals surface area contributed by atoms with Crippen molar-refractivity contribution in [3.63, 3.8) is 0 Å². The molecule has 0 aromatic rings. The van der Waals surface area contributed by atoms with E-state index in [4.69, 9.17) is 9.47 Å². The van der Waals surface area contributed by atoms with Crippen LogP contribution in [0.1, 0.15) is 142 Å². The van der Waals surface area contributed by atoms with Gasteiger partial charge >= 0.3 is 6.16 Å². The van der Waals surface area contributed by atoms with Crippen LogP contribution in [0.3, 0.4) is 0 Å². The highest BCUT2D eigenvalue weighted by Crippen LogP contribution is 2.20. The van der Waals surface area contributed by atoms with Crippen LogP contribution in [0.25, 0.3) is 0 Å². The van der Waals surface area contributed by atoms with Gasteiger partial charge in [-0.1, -0.05) is 133 Å². The molecule has 1 unspecified atom stereocenters. The molecule has 31 heavy (non-hydrogen) atoms. The zero-order chi connectivity index (χ0) is 22.8. The second-order valence-electron chi connectivity index (χ2n) is 9.20. The second kappa shape index (κ2) is 26.0. The van der Waals surface area contributed by atoms with Crippen molar-refractivity contribution in [3.05, 3.63) is 0 Å². The van der Waals surface area contributed by atoms with E-state index in [1.807, 2.05) is 0 Å². The molecular weight excluding hydrogens is 452 g/mol. The molecule has 0 amide bonds. The lowest BCUT2D eigenvalue weighted by molar-refractivity contribution is 0.0406. The maximum Gasteiger partial charge on any atom is 0.508 e. The topological polar surface area (TPSA) is 35.5 Å². The summed E-state index contributed by atoms with van der Waals surface area (Å²) in [5.74, 6) is 0.498. The molecule has 0 radical (unpaired) electrons. The Labute approximate surface area is 202 Å². The average molecular weight is 506 g/mol. The van der Waals surface area contributed by atoms with Crippen molar-refractivity contribution in [2.75, 3.05) is 18.5 Å². The summed E-state index contributed by atoms with van der Waals surface area (Å²) in [6.07, 6.45) is 25.0. The monoisotopic (exact) mass is 504 g/mol. The van der Waals surface area contributed by atoms with Gasteiger partial charge in [0.1, 0.15) is 0 Å². The number of halogens is 1. The highest BCUT2D eigenvalue weighted by atomic mass is 79.9. The molecular formula is C27H53BrO3. The lowest BCUT2D eigenvalue weighted by Gasteiger charge is -2.17. The first-order chi connectivity index (χ1) is 15.2. The lowest BCUT2D eigenvalue weighted by atomic mass is 9.94. The van der Waals surface area contributed by atoms with Crippen molar-refractivity contribution >= 4 is 22.1 Å². The number of rotatable bonds is 24. The van der Waals surface area contributed by atoms with E-state index in [-0.39, 0.29) is 0 Å². The first-order valence-electron chi connectivity index (χ1n) is 13.6. The van der Waals surface area contributed by atoms with E-state index < -0.39 is 6.16 Å². The molecule has 4 heteroatoms. The van der Waals surface area contributed by atoms with Crippen LogP contribution in [-0.2, 0) is 9.47 Å². The number of hydrogen-bond acceptors (Lipinski definition) is 3. The second-order valence-corrected chi connectivity index (χ2v) is 9.99. The third kappa shape index (κ3) is 24.2. The first kappa shape index (κ1) is 30.8. The Morgan fingerprint density at radius 2 is 1.06 bits per heavy atom. The normalized spacial score (nSPS) is 12.1. The Bertz CT molecular complexity index is 362. The van der Waals surface area contributed by atoms with Gasteiger partial charge in [0.05, 0.1) is 13.2 Å². The van der Waals surface area contributed by atoms with Crippen molar-refractivity contribution in [1.82, 2.24) is 0 Å². The van der Waals surface area contributed by atoms with Crippen molar-refractivity contribution in [3.8, 4) is 0 Å². The van der Waals surface area contributed by atoms with Crippen LogP contribution >= 0.6 is 15.9 Å². The van der Waals surface area contributed by atoms with Gasteiger partial charge in [-0.3, -0.25) is 0 Å². The van der Waals surface area contributed by atoms with Gasteiger partial charge in [0.25, 0.3) is 0 Å². The molecule has 0 fully saturated rings. The van der Waals surface area contributed by atoms with Crippen molar-refractivity contribution in [1.29, 1.82) is 0 Å². The van der Waals surface area contributed by atoms with Crippen LogP contribution in [0.15, 0.2) is 0 Å². The highest BCUT2D eigenvalue weighted by molar-refractivity contribution is 9.09. The molecule has 0 rings (SSSR count). The van der Waals surface area contributed by atoms with Gasteiger partial charge in [0.2, 0.25) is 0 Å². The molecule has 186 valence electrons. The van der Waals surface area contributed by atoms with Gasteiger partial charge in [0, 0.05) is 5.33 Å². The molecule has 0 aromatic carbocycles. The zero-order valence-electron chi connectivity index (χ0n) is 20.9. The quantitative estimate of drug-likeness (QED) is 0.0744. The molecule has 0 bridgehead atoms. The summed E-state index contributed by atoms with van der Waals surface area (Å²) in [7, 11) is 0. The summed E-state index contributed by atoms with van der Waals surface area (Å²) in [4.78, 5) is 11.9. The van der Waals surface area contributed by atoms with Gasteiger partial charge in [-0.05, 0) is 31.6 Å². The maximum atomic E-state index is 11.9. The van der Waals surface area contributed by atoms with Gasteiger partial charge in [-0.2, -0.15) is 0 Å². The Kier molecular flexibility index (Phi) is 25.8. The van der Waals surface area contributed by atoms with E-state index in [1.54, 1.807) is 0 Å². The molecule has 0 spiro atoms. The molecule has 0 aliphatic carbocycles. The van der Waals surface area contributed by atoms with Crippen LogP contribution < -0.4 is 0 Å². The van der Waals surface area contributed by atoms with Gasteiger partial charge in [-0.25, -0.2) is 4.79 Å². The molecule has 0 saturated heterocycles. The van der Waals surface area contributed by atoms with E-state index in [1.165, 1.54) is 116 Å². The summed E-state index contributed by atoms with van der Waals surface area (Å²) in [5.41, 5.74) is 0. The largest absolute Gasteiger partial charge is 0.508 e. The van der Waals surface area contributed by atoms with Crippen LogP contribution in [-0.4, -0.2) is 24.7 Å². The molecule has 1 atom stereocenters. The minimum absolute atomic E-state index is 0.468. The summed E-state index contributed by atoms with van der Waals surface area (Å²) < 4.78 is 10.7. The summed E-state index contributed by atoms with van der Waals surface area (Å²) in [6, 6.07) is 0. The fourth-order valence-electron chi connectivity index (χ4n) is 4.02. The highest BCUT2D eigenvalue weighted by Gasteiger charge is 2.13. The van der Waals surface area contributed by atoms with Crippen LogP contribution in [0.4, 0.5) is 4.79 Å². The van der Waals surface area contributed by atoms with Gasteiger partial charge < -0.3 is 9.47 Å². The van der Waals surface area contributed by atoms with Crippen LogP contribution in [0, 0.1) is 5.92 Å². The predicted octanol–water partition coefficient (Wildman–Crippen LogP) is 9.99.